The van der Waals surface area contributed by atoms with Gasteiger partial charge in [-0.15, -0.1) is 5.10 Å². The van der Waals surface area contributed by atoms with Crippen LogP contribution >= 0.6 is 0 Å². The maximum Gasteiger partial charge on any atom is 0.252 e. The molecule has 13 heavy (non-hydrogen) atoms. The first-order valence-electron chi connectivity index (χ1n) is 4.18. The minimum Gasteiger partial charge on any atom is -0.330 e. The Hall–Kier alpha value is -1.49. The fraction of sp³-hybridized carbons (Fsp3) is 0.375. The van der Waals surface area contributed by atoms with Gasteiger partial charge in [0.2, 0.25) is 0 Å². The van der Waals surface area contributed by atoms with Crippen LogP contribution in [-0.4, -0.2) is 26.1 Å². The molecule has 0 bridgehead atoms. The number of aryl methyl sites for hydroxylation is 1. The van der Waals surface area contributed by atoms with Crippen LogP contribution in [0.15, 0.2) is 12.3 Å². The fourth-order valence-corrected chi connectivity index (χ4v) is 1.18. The summed E-state index contributed by atoms with van der Waals surface area (Å²) in [5, 5.41) is 4.27. The first kappa shape index (κ1) is 8.12. The Morgan fingerprint density at radius 3 is 3.08 bits per heavy atom. The molecule has 0 aliphatic rings. The van der Waals surface area contributed by atoms with Crippen LogP contribution in [0.2, 0.25) is 0 Å². The second-order valence-electron chi connectivity index (χ2n) is 2.86. The van der Waals surface area contributed by atoms with Crippen molar-refractivity contribution in [3.8, 4) is 0 Å². The summed E-state index contributed by atoms with van der Waals surface area (Å²) in [5.74, 6) is 1.40. The van der Waals surface area contributed by atoms with E-state index in [-0.39, 0.29) is 0 Å². The largest absolute Gasteiger partial charge is 0.330 e. The van der Waals surface area contributed by atoms with E-state index in [9.17, 15) is 0 Å². The van der Waals surface area contributed by atoms with E-state index in [1.807, 2.05) is 13.0 Å². The van der Waals surface area contributed by atoms with Crippen molar-refractivity contribution in [1.29, 1.82) is 0 Å². The molecule has 0 saturated carbocycles. The van der Waals surface area contributed by atoms with E-state index in [1.54, 1.807) is 10.7 Å². The van der Waals surface area contributed by atoms with Gasteiger partial charge in [0.25, 0.3) is 5.78 Å². The molecule has 0 aliphatic heterocycles. The molecule has 0 aliphatic carbocycles. The summed E-state index contributed by atoms with van der Waals surface area (Å²) in [6.45, 7) is 2.53. The molecule has 0 atom stereocenters. The Balaban J connectivity index is 2.55. The monoisotopic (exact) mass is 177 g/mol. The van der Waals surface area contributed by atoms with E-state index in [0.29, 0.717) is 18.7 Å². The first-order chi connectivity index (χ1) is 6.31. The lowest BCUT2D eigenvalue weighted by Crippen LogP contribution is -2.04. The third-order valence-electron chi connectivity index (χ3n) is 1.84. The number of aromatic nitrogens is 4. The molecule has 2 aromatic heterocycles. The molecule has 0 saturated heterocycles. The molecule has 0 fully saturated rings. The maximum atomic E-state index is 5.41. The van der Waals surface area contributed by atoms with Gasteiger partial charge in [-0.2, -0.15) is 4.98 Å². The van der Waals surface area contributed by atoms with E-state index in [2.05, 4.69) is 15.1 Å². The summed E-state index contributed by atoms with van der Waals surface area (Å²) in [6, 6.07) is 1.90. The van der Waals surface area contributed by atoms with Gasteiger partial charge in [-0.1, -0.05) is 0 Å². The minimum absolute atomic E-state index is 0.565. The van der Waals surface area contributed by atoms with Crippen LogP contribution in [0.1, 0.15) is 11.5 Å². The number of nitrogens with two attached hydrogens (primary N) is 1. The van der Waals surface area contributed by atoms with Crippen LogP contribution in [0.4, 0.5) is 0 Å². The third-order valence-corrected chi connectivity index (χ3v) is 1.84. The summed E-state index contributed by atoms with van der Waals surface area (Å²) < 4.78 is 1.73. The molecule has 2 rings (SSSR count). The first-order valence-corrected chi connectivity index (χ1v) is 4.18. The predicted molar refractivity (Wildman–Crippen MR) is 48.3 cm³/mol. The van der Waals surface area contributed by atoms with Gasteiger partial charge < -0.3 is 5.73 Å². The molecule has 0 radical (unpaired) electrons. The molecular weight excluding hydrogens is 166 g/mol. The van der Waals surface area contributed by atoms with Crippen molar-refractivity contribution in [2.45, 2.75) is 13.3 Å². The number of hydrogen-bond donors (Lipinski definition) is 1. The van der Waals surface area contributed by atoms with E-state index in [1.165, 1.54) is 0 Å². The van der Waals surface area contributed by atoms with Gasteiger partial charge in [-0.3, -0.25) is 0 Å². The highest BCUT2D eigenvalue weighted by molar-refractivity contribution is 5.27. The van der Waals surface area contributed by atoms with Gasteiger partial charge >= 0.3 is 0 Å². The molecule has 2 aromatic rings. The average Bonchev–Trinajstić information content (AvgIpc) is 2.49. The molecule has 2 N–H and O–H groups in total. The molecule has 0 amide bonds. The van der Waals surface area contributed by atoms with Gasteiger partial charge in [-0.25, -0.2) is 9.50 Å². The highest BCUT2D eigenvalue weighted by Gasteiger charge is 2.04. The van der Waals surface area contributed by atoms with Gasteiger partial charge in [0.05, 0.1) is 0 Å². The third kappa shape index (κ3) is 1.38. The van der Waals surface area contributed by atoms with Gasteiger partial charge in [-0.05, 0) is 19.5 Å². The molecule has 5 nitrogen and oxygen atoms in total. The minimum atomic E-state index is 0.565. The zero-order chi connectivity index (χ0) is 9.26. The SMILES string of the molecule is Cc1ccnc2nc(CCN)nn12. The van der Waals surface area contributed by atoms with Crippen molar-refractivity contribution in [3.63, 3.8) is 0 Å². The topological polar surface area (TPSA) is 69.1 Å². The summed E-state index contributed by atoms with van der Waals surface area (Å²) in [6.07, 6.45) is 2.42. The normalized spacial score (nSPS) is 10.9. The van der Waals surface area contributed by atoms with E-state index in [0.717, 1.165) is 11.5 Å². The highest BCUT2D eigenvalue weighted by Crippen LogP contribution is 2.01. The molecule has 68 valence electrons. The van der Waals surface area contributed by atoms with Crippen molar-refractivity contribution >= 4 is 5.78 Å². The zero-order valence-electron chi connectivity index (χ0n) is 7.44. The lowest BCUT2D eigenvalue weighted by atomic mass is 10.4. The number of fused-ring (bicyclic) bond motifs is 1. The Kier molecular flexibility index (Phi) is 1.94. The molecule has 0 unspecified atom stereocenters. The van der Waals surface area contributed by atoms with E-state index >= 15 is 0 Å². The quantitative estimate of drug-likeness (QED) is 0.697. The lowest BCUT2D eigenvalue weighted by molar-refractivity contribution is 0.825. The highest BCUT2D eigenvalue weighted by atomic mass is 15.3. The predicted octanol–water partition coefficient (Wildman–Crippen LogP) is -0.0661. The Labute approximate surface area is 75.6 Å². The number of rotatable bonds is 2. The van der Waals surface area contributed by atoms with Crippen molar-refractivity contribution < 1.29 is 0 Å². The maximum absolute atomic E-state index is 5.41. The summed E-state index contributed by atoms with van der Waals surface area (Å²) in [4.78, 5) is 8.32. The van der Waals surface area contributed by atoms with Crippen molar-refractivity contribution in [3.05, 3.63) is 23.8 Å². The van der Waals surface area contributed by atoms with Crippen molar-refractivity contribution in [2.24, 2.45) is 5.73 Å². The summed E-state index contributed by atoms with van der Waals surface area (Å²) >= 11 is 0. The molecule has 0 aromatic carbocycles. The Morgan fingerprint density at radius 1 is 1.54 bits per heavy atom. The van der Waals surface area contributed by atoms with Crippen LogP contribution in [0.5, 0.6) is 0 Å². The Bertz CT molecular complexity index is 419. The van der Waals surface area contributed by atoms with Crippen LogP contribution in [0.25, 0.3) is 5.78 Å². The second kappa shape index (κ2) is 3.10. The number of hydrogen-bond acceptors (Lipinski definition) is 4. The molecule has 5 heteroatoms. The van der Waals surface area contributed by atoms with E-state index in [4.69, 9.17) is 5.73 Å². The summed E-state index contributed by atoms with van der Waals surface area (Å²) in [5.41, 5.74) is 6.44. The van der Waals surface area contributed by atoms with E-state index < -0.39 is 0 Å². The number of nitrogens with zero attached hydrogens (tertiary/aromatic N) is 4. The smallest absolute Gasteiger partial charge is 0.252 e. The lowest BCUT2D eigenvalue weighted by Gasteiger charge is -1.93. The van der Waals surface area contributed by atoms with Gasteiger partial charge in [0.1, 0.15) is 0 Å². The van der Waals surface area contributed by atoms with Crippen LogP contribution in [-0.2, 0) is 6.42 Å². The standard InChI is InChI=1S/C8H11N5/c1-6-3-5-10-8-11-7(2-4-9)12-13(6)8/h3,5H,2,4,9H2,1H3. The van der Waals surface area contributed by atoms with Crippen molar-refractivity contribution in [1.82, 2.24) is 19.6 Å². The fourth-order valence-electron chi connectivity index (χ4n) is 1.18. The van der Waals surface area contributed by atoms with Gasteiger partial charge in [0, 0.05) is 18.3 Å². The molecule has 0 spiro atoms. The zero-order valence-corrected chi connectivity index (χ0v) is 7.44. The van der Waals surface area contributed by atoms with Gasteiger partial charge in [0.15, 0.2) is 5.82 Å². The van der Waals surface area contributed by atoms with Crippen LogP contribution in [0.3, 0.4) is 0 Å². The van der Waals surface area contributed by atoms with Crippen LogP contribution in [0, 0.1) is 6.92 Å². The Morgan fingerprint density at radius 2 is 2.38 bits per heavy atom. The molecular formula is C8H11N5. The van der Waals surface area contributed by atoms with Crippen LogP contribution < -0.4 is 5.73 Å². The van der Waals surface area contributed by atoms with Crippen molar-refractivity contribution in [2.75, 3.05) is 6.54 Å². The molecule has 2 heterocycles. The average molecular weight is 177 g/mol. The second-order valence-corrected chi connectivity index (χ2v) is 2.86. The summed E-state index contributed by atoms with van der Waals surface area (Å²) in [7, 11) is 0.